The molecule has 0 bridgehead atoms. The maximum absolute atomic E-state index is 12.7. The highest BCUT2D eigenvalue weighted by Crippen LogP contribution is 2.33. The first-order chi connectivity index (χ1) is 21.3. The number of nitrogens with one attached hydrogen (secondary N) is 1. The van der Waals surface area contributed by atoms with Crippen molar-refractivity contribution in [3.05, 3.63) is 93.5 Å². The van der Waals surface area contributed by atoms with Crippen LogP contribution in [0.1, 0.15) is 66.4 Å². The van der Waals surface area contributed by atoms with E-state index in [0.29, 0.717) is 24.2 Å². The van der Waals surface area contributed by atoms with E-state index < -0.39 is 39.2 Å². The third-order valence-electron chi connectivity index (χ3n) is 7.76. The van der Waals surface area contributed by atoms with E-state index >= 15 is 0 Å². The Morgan fingerprint density at radius 1 is 1.02 bits per heavy atom. The van der Waals surface area contributed by atoms with Gasteiger partial charge in [0.15, 0.2) is 0 Å². The number of hydrogen-bond acceptors (Lipinski definition) is 9. The molecule has 0 heterocycles. The molecule has 1 fully saturated rings. The number of primary amides is 1. The highest BCUT2D eigenvalue weighted by molar-refractivity contribution is 7.89. The minimum Gasteiger partial charge on any atom is -0.490 e. The van der Waals surface area contributed by atoms with Gasteiger partial charge in [0.2, 0.25) is 10.0 Å². The second kappa shape index (κ2) is 14.5. The van der Waals surface area contributed by atoms with E-state index in [9.17, 15) is 33.2 Å². The summed E-state index contributed by atoms with van der Waals surface area (Å²) in [4.78, 5) is 34.5. The molecule has 1 atom stereocenters. The molecule has 12 nitrogen and oxygen atoms in total. The molecular weight excluding hydrogens is 602 g/mol. The second-order valence-electron chi connectivity index (χ2n) is 11.3. The van der Waals surface area contributed by atoms with Gasteiger partial charge >= 0.3 is 6.09 Å². The molecule has 3 aromatic rings. The van der Waals surface area contributed by atoms with Crippen molar-refractivity contribution in [2.75, 3.05) is 12.9 Å². The molecule has 240 valence electrons. The van der Waals surface area contributed by atoms with E-state index in [1.807, 2.05) is 29.0 Å². The summed E-state index contributed by atoms with van der Waals surface area (Å²) in [6.45, 7) is -0.400. The van der Waals surface area contributed by atoms with Gasteiger partial charge in [0, 0.05) is 12.1 Å². The number of carbonyl (C=O) groups excluding carboxylic acids is 2. The first-order valence-corrected chi connectivity index (χ1v) is 16.5. The largest absolute Gasteiger partial charge is 0.490 e. The van der Waals surface area contributed by atoms with E-state index in [0.717, 1.165) is 55.1 Å². The van der Waals surface area contributed by atoms with Crippen LogP contribution in [0.4, 0.5) is 10.5 Å². The molecule has 0 saturated heterocycles. The number of nitrogens with zero attached hydrogens (tertiary/aromatic N) is 1. The molecule has 4 N–H and O–H groups in total. The number of hydrogen-bond donors (Lipinski definition) is 3. The van der Waals surface area contributed by atoms with Crippen LogP contribution in [0.15, 0.2) is 66.7 Å². The van der Waals surface area contributed by atoms with Crippen molar-refractivity contribution in [2.24, 2.45) is 5.73 Å². The average Bonchev–Trinajstić information content (AvgIpc) is 3.00. The molecular formula is C32H37N3O9S. The zero-order valence-electron chi connectivity index (χ0n) is 24.9. The molecule has 0 radical (unpaired) electrons. The zero-order chi connectivity index (χ0) is 32.6. The Bertz CT molecular complexity index is 1620. The summed E-state index contributed by atoms with van der Waals surface area (Å²) in [5.74, 6) is -0.423. The summed E-state index contributed by atoms with van der Waals surface area (Å²) in [7, 11) is -3.76. The number of carbonyl (C=O) groups is 2. The molecule has 4 rings (SSSR count). The van der Waals surface area contributed by atoms with E-state index in [-0.39, 0.29) is 23.8 Å². The third-order valence-corrected chi connectivity index (χ3v) is 8.32. The van der Waals surface area contributed by atoms with Crippen molar-refractivity contribution in [2.45, 2.75) is 63.1 Å². The van der Waals surface area contributed by atoms with Crippen LogP contribution in [0.2, 0.25) is 0 Å². The van der Waals surface area contributed by atoms with Gasteiger partial charge in [-0.1, -0.05) is 36.8 Å². The minimum atomic E-state index is -3.76. The van der Waals surface area contributed by atoms with Crippen molar-refractivity contribution in [1.82, 2.24) is 4.72 Å². The monoisotopic (exact) mass is 639 g/mol. The number of non-ortho nitro benzene ring substituents is 1. The van der Waals surface area contributed by atoms with E-state index in [4.69, 9.17) is 15.2 Å². The summed E-state index contributed by atoms with van der Waals surface area (Å²) in [6, 6.07) is 18.2. The average molecular weight is 640 g/mol. The normalized spacial score (nSPS) is 15.1. The smallest absolute Gasteiger partial charge is 0.404 e. The standard InChI is InChI=1S/C32H37N3O9S/c1-45(41,42)34-30(36)28-18-13-24(20-29(28)44-27-7-3-2-4-8-27)23-11-9-22(10-12-23)6-5-19-32(38,21-43-31(33)37)25-14-16-26(17-15-25)35(39)40/h9-18,20,27,38H,2-8,19,21H2,1H3,(H2,33,37)(H,34,36)/t32-/m0/s1. The van der Waals surface area contributed by atoms with Gasteiger partial charge in [-0.2, -0.15) is 0 Å². The zero-order valence-corrected chi connectivity index (χ0v) is 25.8. The Morgan fingerprint density at radius 2 is 1.67 bits per heavy atom. The Labute approximate surface area is 261 Å². The fourth-order valence-electron chi connectivity index (χ4n) is 5.41. The lowest BCUT2D eigenvalue weighted by Gasteiger charge is -2.28. The second-order valence-corrected chi connectivity index (χ2v) is 13.0. The van der Waals surface area contributed by atoms with Crippen LogP contribution in [-0.4, -0.2) is 49.4 Å². The van der Waals surface area contributed by atoms with Gasteiger partial charge < -0.3 is 20.3 Å². The fourth-order valence-corrected chi connectivity index (χ4v) is 5.85. The minimum absolute atomic E-state index is 0.0563. The lowest BCUT2D eigenvalue weighted by molar-refractivity contribution is -0.384. The highest BCUT2D eigenvalue weighted by Gasteiger charge is 2.31. The van der Waals surface area contributed by atoms with Crippen LogP contribution < -0.4 is 15.2 Å². The number of nitro groups is 1. The first kappa shape index (κ1) is 33.4. The van der Waals surface area contributed by atoms with Crippen LogP contribution in [-0.2, 0) is 26.8 Å². The van der Waals surface area contributed by atoms with Crippen molar-refractivity contribution < 1.29 is 37.5 Å². The summed E-state index contributed by atoms with van der Waals surface area (Å²) in [5, 5.41) is 22.3. The number of sulfonamides is 1. The number of aliphatic hydroxyl groups is 1. The topological polar surface area (TPSA) is 188 Å². The van der Waals surface area contributed by atoms with Gasteiger partial charge in [-0.15, -0.1) is 0 Å². The lowest BCUT2D eigenvalue weighted by atomic mass is 9.88. The van der Waals surface area contributed by atoms with Crippen molar-refractivity contribution in [3.63, 3.8) is 0 Å². The SMILES string of the molecule is CS(=O)(=O)NC(=O)c1ccc(-c2ccc(CCC[C@](O)(COC(N)=O)c3ccc([N+](=O)[O-])cc3)cc2)cc1OC1CCCCC1. The van der Waals surface area contributed by atoms with Gasteiger partial charge in [0.25, 0.3) is 11.6 Å². The van der Waals surface area contributed by atoms with Crippen molar-refractivity contribution >= 4 is 27.7 Å². The first-order valence-electron chi connectivity index (χ1n) is 14.6. The van der Waals surface area contributed by atoms with Crippen LogP contribution in [0, 0.1) is 10.1 Å². The molecule has 1 aliphatic rings. The van der Waals surface area contributed by atoms with Gasteiger partial charge in [-0.05, 0) is 91.5 Å². The summed E-state index contributed by atoms with van der Waals surface area (Å²) in [5.41, 5.74) is 6.53. The predicted octanol–water partition coefficient (Wildman–Crippen LogP) is 4.97. The molecule has 13 heteroatoms. The quantitative estimate of drug-likeness (QED) is 0.171. The number of ether oxygens (including phenoxy) is 2. The summed E-state index contributed by atoms with van der Waals surface area (Å²) in [6.07, 6.45) is 6.00. The van der Waals surface area contributed by atoms with Crippen LogP contribution in [0.25, 0.3) is 11.1 Å². The Hall–Kier alpha value is -4.49. The molecule has 0 aliphatic heterocycles. The number of rotatable bonds is 13. The number of aryl methyl sites for hydroxylation is 1. The third kappa shape index (κ3) is 9.50. The molecule has 0 unspecified atom stereocenters. The number of amides is 2. The molecule has 0 aromatic heterocycles. The maximum Gasteiger partial charge on any atom is 0.404 e. The molecule has 1 aliphatic carbocycles. The van der Waals surface area contributed by atoms with E-state index in [2.05, 4.69) is 0 Å². The predicted molar refractivity (Wildman–Crippen MR) is 167 cm³/mol. The summed E-state index contributed by atoms with van der Waals surface area (Å²) < 4.78 is 36.5. The maximum atomic E-state index is 12.7. The van der Waals surface area contributed by atoms with Crippen LogP contribution in [0.3, 0.4) is 0 Å². The van der Waals surface area contributed by atoms with Crippen LogP contribution in [0.5, 0.6) is 5.75 Å². The molecule has 1 saturated carbocycles. The molecule has 0 spiro atoms. The Kier molecular flexibility index (Phi) is 10.8. The number of nitrogens with two attached hydrogens (primary N) is 1. The molecule has 3 aromatic carbocycles. The van der Waals surface area contributed by atoms with Crippen LogP contribution >= 0.6 is 0 Å². The van der Waals surface area contributed by atoms with Gasteiger partial charge in [-0.3, -0.25) is 14.9 Å². The van der Waals surface area contributed by atoms with Crippen molar-refractivity contribution in [1.29, 1.82) is 0 Å². The summed E-state index contributed by atoms with van der Waals surface area (Å²) >= 11 is 0. The van der Waals surface area contributed by atoms with Gasteiger partial charge in [0.1, 0.15) is 18.0 Å². The Balaban J connectivity index is 1.48. The van der Waals surface area contributed by atoms with E-state index in [1.165, 1.54) is 24.3 Å². The number of nitro benzene ring substituents is 1. The lowest BCUT2D eigenvalue weighted by Crippen LogP contribution is -2.34. The number of benzene rings is 3. The van der Waals surface area contributed by atoms with Gasteiger partial charge in [0.05, 0.1) is 22.8 Å². The van der Waals surface area contributed by atoms with Gasteiger partial charge in [-0.25, -0.2) is 17.9 Å². The van der Waals surface area contributed by atoms with E-state index in [1.54, 1.807) is 18.2 Å². The highest BCUT2D eigenvalue weighted by atomic mass is 32.2. The Morgan fingerprint density at radius 3 is 2.27 bits per heavy atom. The molecule has 45 heavy (non-hydrogen) atoms. The molecule has 2 amide bonds. The van der Waals surface area contributed by atoms with Crippen molar-refractivity contribution in [3.8, 4) is 16.9 Å². The fraction of sp³-hybridized carbons (Fsp3) is 0.375.